The van der Waals surface area contributed by atoms with Crippen LogP contribution in [0.15, 0.2) is 18.2 Å². The molecule has 1 N–H and O–H groups in total. The molecule has 0 saturated carbocycles. The van der Waals surface area contributed by atoms with Crippen LogP contribution in [-0.4, -0.2) is 37.1 Å². The summed E-state index contributed by atoms with van der Waals surface area (Å²) in [5, 5.41) is 8.84. The molecule has 0 fully saturated rings. The van der Waals surface area contributed by atoms with Gasteiger partial charge < -0.3 is 5.11 Å². The van der Waals surface area contributed by atoms with Gasteiger partial charge in [-0.25, -0.2) is 17.1 Å². The molecule has 1 rings (SSSR count). The normalized spacial score (nSPS) is 13.5. The van der Waals surface area contributed by atoms with Gasteiger partial charge in [0.05, 0.1) is 12.2 Å². The zero-order valence-corrected chi connectivity index (χ0v) is 11.7. The summed E-state index contributed by atoms with van der Waals surface area (Å²) in [5.74, 6) is -2.46. The molecule has 0 aliphatic heterocycles. The average molecular weight is 289 g/mol. The first kappa shape index (κ1) is 15.6. The molecule has 0 saturated heterocycles. The lowest BCUT2D eigenvalue weighted by molar-refractivity contribution is -0.138. The first-order chi connectivity index (χ1) is 8.62. The zero-order chi connectivity index (χ0) is 14.8. The molecular weight excluding hydrogens is 273 g/mol. The van der Waals surface area contributed by atoms with E-state index in [1.165, 1.54) is 26.1 Å². The van der Waals surface area contributed by atoms with E-state index in [0.717, 1.165) is 16.6 Å². The highest BCUT2D eigenvalue weighted by molar-refractivity contribution is 7.88. The Labute approximate surface area is 111 Å². The second-order valence-electron chi connectivity index (χ2n) is 4.43. The standard InChI is InChI=1S/C12H16FNO4S/c1-8(12(15)16)9-4-5-10(11(13)6-9)7-14(2)19(3,17)18/h4-6,8H,7H2,1-3H3,(H,15,16). The number of hydrogen-bond donors (Lipinski definition) is 1. The van der Waals surface area contributed by atoms with Crippen LogP contribution < -0.4 is 0 Å². The Balaban J connectivity index is 2.99. The van der Waals surface area contributed by atoms with Crippen molar-refractivity contribution in [2.24, 2.45) is 0 Å². The summed E-state index contributed by atoms with van der Waals surface area (Å²) in [6.45, 7) is 1.37. The van der Waals surface area contributed by atoms with Crippen molar-refractivity contribution in [3.05, 3.63) is 35.1 Å². The van der Waals surface area contributed by atoms with E-state index < -0.39 is 27.7 Å². The molecule has 0 spiro atoms. The van der Waals surface area contributed by atoms with Gasteiger partial charge in [-0.05, 0) is 18.6 Å². The fourth-order valence-corrected chi connectivity index (χ4v) is 1.83. The smallest absolute Gasteiger partial charge is 0.310 e. The molecule has 1 aromatic rings. The van der Waals surface area contributed by atoms with Gasteiger partial charge in [-0.15, -0.1) is 0 Å². The number of benzene rings is 1. The minimum absolute atomic E-state index is 0.0909. The molecule has 7 heteroatoms. The molecule has 0 radical (unpaired) electrons. The van der Waals surface area contributed by atoms with Gasteiger partial charge >= 0.3 is 5.97 Å². The Bertz CT molecular complexity index is 585. The van der Waals surface area contributed by atoms with Gasteiger partial charge in [-0.2, -0.15) is 0 Å². The second kappa shape index (κ2) is 5.66. The SMILES string of the molecule is CC(C(=O)O)c1ccc(CN(C)S(C)(=O)=O)c(F)c1. The number of aliphatic carboxylic acids is 1. The van der Waals surface area contributed by atoms with Crippen LogP contribution in [0, 0.1) is 5.82 Å². The molecule has 0 aromatic heterocycles. The highest BCUT2D eigenvalue weighted by Crippen LogP contribution is 2.20. The van der Waals surface area contributed by atoms with Gasteiger partial charge in [-0.3, -0.25) is 4.79 Å². The Morgan fingerprint density at radius 3 is 2.47 bits per heavy atom. The third-order valence-electron chi connectivity index (χ3n) is 2.91. The Kier molecular flexibility index (Phi) is 4.65. The van der Waals surface area contributed by atoms with Gasteiger partial charge in [0, 0.05) is 19.2 Å². The summed E-state index contributed by atoms with van der Waals surface area (Å²) < 4.78 is 37.3. The van der Waals surface area contributed by atoms with E-state index in [-0.39, 0.29) is 12.1 Å². The van der Waals surface area contributed by atoms with Gasteiger partial charge in [0.1, 0.15) is 5.82 Å². The molecule has 0 aliphatic carbocycles. The first-order valence-corrected chi connectivity index (χ1v) is 7.40. The van der Waals surface area contributed by atoms with Gasteiger partial charge in [0.15, 0.2) is 0 Å². The third-order valence-corrected chi connectivity index (χ3v) is 4.17. The predicted octanol–water partition coefficient (Wildman–Crippen LogP) is 1.41. The highest BCUT2D eigenvalue weighted by atomic mass is 32.2. The van der Waals surface area contributed by atoms with Gasteiger partial charge in [0.25, 0.3) is 0 Å². The molecule has 0 bridgehead atoms. The van der Waals surface area contributed by atoms with E-state index in [4.69, 9.17) is 5.11 Å². The van der Waals surface area contributed by atoms with Crippen LogP contribution in [0.1, 0.15) is 24.0 Å². The Hall–Kier alpha value is -1.47. The number of rotatable bonds is 5. The number of sulfonamides is 1. The lowest BCUT2D eigenvalue weighted by atomic mass is 9.99. The minimum atomic E-state index is -3.39. The van der Waals surface area contributed by atoms with Crippen LogP contribution in [0.2, 0.25) is 0 Å². The number of carbonyl (C=O) groups is 1. The van der Waals surface area contributed by atoms with Crippen LogP contribution in [0.3, 0.4) is 0 Å². The molecule has 106 valence electrons. The molecular formula is C12H16FNO4S. The molecule has 19 heavy (non-hydrogen) atoms. The highest BCUT2D eigenvalue weighted by Gasteiger charge is 2.17. The minimum Gasteiger partial charge on any atom is -0.481 e. The van der Waals surface area contributed by atoms with Crippen LogP contribution in [0.4, 0.5) is 4.39 Å². The van der Waals surface area contributed by atoms with Crippen molar-refractivity contribution < 1.29 is 22.7 Å². The molecule has 0 heterocycles. The first-order valence-electron chi connectivity index (χ1n) is 5.55. The maximum Gasteiger partial charge on any atom is 0.310 e. The summed E-state index contributed by atoms with van der Waals surface area (Å²) in [4.78, 5) is 10.8. The summed E-state index contributed by atoms with van der Waals surface area (Å²) in [5.41, 5.74) is 0.546. The van der Waals surface area contributed by atoms with Crippen LogP contribution in [-0.2, 0) is 21.4 Å². The quantitative estimate of drug-likeness (QED) is 0.889. The van der Waals surface area contributed by atoms with Crippen molar-refractivity contribution in [1.29, 1.82) is 0 Å². The van der Waals surface area contributed by atoms with Crippen molar-refractivity contribution in [3.63, 3.8) is 0 Å². The zero-order valence-electron chi connectivity index (χ0n) is 10.9. The summed E-state index contributed by atoms with van der Waals surface area (Å²) in [6, 6.07) is 4.03. The van der Waals surface area contributed by atoms with Crippen molar-refractivity contribution in [1.82, 2.24) is 4.31 Å². The van der Waals surface area contributed by atoms with Crippen LogP contribution in [0.25, 0.3) is 0 Å². The second-order valence-corrected chi connectivity index (χ2v) is 6.52. The predicted molar refractivity (Wildman–Crippen MR) is 68.8 cm³/mol. The van der Waals surface area contributed by atoms with E-state index >= 15 is 0 Å². The fraction of sp³-hybridized carbons (Fsp3) is 0.417. The number of hydrogen-bond acceptors (Lipinski definition) is 3. The summed E-state index contributed by atoms with van der Waals surface area (Å²) >= 11 is 0. The molecule has 1 aromatic carbocycles. The molecule has 1 unspecified atom stereocenters. The number of halogens is 1. The maximum absolute atomic E-state index is 13.8. The van der Waals surface area contributed by atoms with Crippen molar-refractivity contribution in [2.45, 2.75) is 19.4 Å². The van der Waals surface area contributed by atoms with E-state index in [1.54, 1.807) is 0 Å². The summed E-state index contributed by atoms with van der Waals surface area (Å²) in [6.07, 6.45) is 1.03. The van der Waals surface area contributed by atoms with Crippen LogP contribution >= 0.6 is 0 Å². The van der Waals surface area contributed by atoms with E-state index in [0.29, 0.717) is 5.56 Å². The van der Waals surface area contributed by atoms with E-state index in [9.17, 15) is 17.6 Å². The molecule has 0 amide bonds. The lowest BCUT2D eigenvalue weighted by Crippen LogP contribution is -2.25. The maximum atomic E-state index is 13.8. The van der Waals surface area contributed by atoms with E-state index in [2.05, 4.69) is 0 Å². The Morgan fingerprint density at radius 2 is 2.05 bits per heavy atom. The lowest BCUT2D eigenvalue weighted by Gasteiger charge is -2.15. The number of nitrogens with zero attached hydrogens (tertiary/aromatic N) is 1. The summed E-state index contributed by atoms with van der Waals surface area (Å²) in [7, 11) is -2.04. The van der Waals surface area contributed by atoms with Crippen molar-refractivity contribution in [3.8, 4) is 0 Å². The Morgan fingerprint density at radius 1 is 1.47 bits per heavy atom. The van der Waals surface area contributed by atoms with Gasteiger partial charge in [0.2, 0.25) is 10.0 Å². The topological polar surface area (TPSA) is 74.7 Å². The van der Waals surface area contributed by atoms with E-state index in [1.807, 2.05) is 0 Å². The van der Waals surface area contributed by atoms with Gasteiger partial charge in [-0.1, -0.05) is 12.1 Å². The fourth-order valence-electron chi connectivity index (χ4n) is 1.46. The largest absolute Gasteiger partial charge is 0.481 e. The number of carboxylic acids is 1. The monoisotopic (exact) mass is 289 g/mol. The molecule has 5 nitrogen and oxygen atoms in total. The van der Waals surface area contributed by atoms with Crippen LogP contribution in [0.5, 0.6) is 0 Å². The molecule has 0 aliphatic rings. The molecule has 1 atom stereocenters. The van der Waals surface area contributed by atoms with Crippen molar-refractivity contribution in [2.75, 3.05) is 13.3 Å². The third kappa shape index (κ3) is 4.00. The number of carboxylic acid groups (broad SMARTS) is 1. The van der Waals surface area contributed by atoms with Crippen molar-refractivity contribution >= 4 is 16.0 Å². The average Bonchev–Trinajstić information content (AvgIpc) is 2.29.